The maximum absolute atomic E-state index is 12.7. The number of H-pyrrole nitrogens is 2. The van der Waals surface area contributed by atoms with Gasteiger partial charge >= 0.3 is 5.69 Å². The number of aromatic nitrogens is 3. The van der Waals surface area contributed by atoms with Crippen molar-refractivity contribution in [1.29, 1.82) is 0 Å². The fourth-order valence-corrected chi connectivity index (χ4v) is 4.93. The van der Waals surface area contributed by atoms with Crippen LogP contribution in [0.1, 0.15) is 24.3 Å². The van der Waals surface area contributed by atoms with Crippen LogP contribution in [0, 0.1) is 0 Å². The molecule has 7 nitrogen and oxygen atoms in total. The van der Waals surface area contributed by atoms with Crippen LogP contribution in [-0.4, -0.2) is 40.8 Å². The van der Waals surface area contributed by atoms with E-state index in [2.05, 4.69) is 15.0 Å². The van der Waals surface area contributed by atoms with Crippen molar-refractivity contribution in [3.05, 3.63) is 58.6 Å². The average Bonchev–Trinajstić information content (AvgIpc) is 3.02. The number of aromatic amines is 2. The van der Waals surface area contributed by atoms with Gasteiger partial charge in [0.1, 0.15) is 0 Å². The molecule has 25 heavy (non-hydrogen) atoms. The average molecular weight is 358 g/mol. The van der Waals surface area contributed by atoms with Gasteiger partial charge in [0.15, 0.2) is 5.65 Å². The van der Waals surface area contributed by atoms with Crippen LogP contribution in [0.25, 0.3) is 11.2 Å². The molecule has 1 aliphatic heterocycles. The van der Waals surface area contributed by atoms with E-state index in [1.807, 2.05) is 6.07 Å². The summed E-state index contributed by atoms with van der Waals surface area (Å²) in [5.41, 5.74) is 2.00. The van der Waals surface area contributed by atoms with Crippen LogP contribution >= 0.6 is 0 Å². The highest BCUT2D eigenvalue weighted by molar-refractivity contribution is 7.89. The topological polar surface area (TPSA) is 98.9 Å². The second-order valence-electron chi connectivity index (χ2n) is 6.19. The van der Waals surface area contributed by atoms with E-state index in [4.69, 9.17) is 0 Å². The maximum atomic E-state index is 12.7. The SMILES string of the molecule is O=c1[nH]c2nccc(C3CCN(S(=O)(=O)c4ccccc4)CC3)c2[nH]1. The second kappa shape index (κ2) is 6.12. The zero-order valence-corrected chi connectivity index (χ0v) is 14.3. The lowest BCUT2D eigenvalue weighted by Gasteiger charge is -2.31. The Kier molecular flexibility index (Phi) is 3.93. The van der Waals surface area contributed by atoms with Gasteiger partial charge in [0.05, 0.1) is 10.4 Å². The lowest BCUT2D eigenvalue weighted by molar-refractivity contribution is 0.320. The summed E-state index contributed by atoms with van der Waals surface area (Å²) in [4.78, 5) is 21.5. The summed E-state index contributed by atoms with van der Waals surface area (Å²) in [6.07, 6.45) is 3.09. The summed E-state index contributed by atoms with van der Waals surface area (Å²) < 4.78 is 27.0. The summed E-state index contributed by atoms with van der Waals surface area (Å²) in [7, 11) is -3.45. The van der Waals surface area contributed by atoms with Crippen molar-refractivity contribution in [2.75, 3.05) is 13.1 Å². The van der Waals surface area contributed by atoms with Gasteiger partial charge in [0.2, 0.25) is 10.0 Å². The first-order chi connectivity index (χ1) is 12.1. The van der Waals surface area contributed by atoms with Crippen LogP contribution in [0.3, 0.4) is 0 Å². The van der Waals surface area contributed by atoms with Crippen molar-refractivity contribution in [3.63, 3.8) is 0 Å². The van der Waals surface area contributed by atoms with Gasteiger partial charge in [-0.15, -0.1) is 0 Å². The van der Waals surface area contributed by atoms with Crippen molar-refractivity contribution in [2.45, 2.75) is 23.7 Å². The summed E-state index contributed by atoms with van der Waals surface area (Å²) >= 11 is 0. The minimum absolute atomic E-state index is 0.194. The summed E-state index contributed by atoms with van der Waals surface area (Å²) in [5, 5.41) is 0. The molecular weight excluding hydrogens is 340 g/mol. The number of hydrogen-bond donors (Lipinski definition) is 2. The third-order valence-corrected chi connectivity index (χ3v) is 6.64. The van der Waals surface area contributed by atoms with Gasteiger partial charge in [0, 0.05) is 19.3 Å². The van der Waals surface area contributed by atoms with Crippen LogP contribution < -0.4 is 5.69 Å². The fourth-order valence-electron chi connectivity index (χ4n) is 3.44. The van der Waals surface area contributed by atoms with Crippen molar-refractivity contribution in [2.24, 2.45) is 0 Å². The highest BCUT2D eigenvalue weighted by Crippen LogP contribution is 2.32. The van der Waals surface area contributed by atoms with Gasteiger partial charge in [-0.2, -0.15) is 4.31 Å². The number of rotatable bonds is 3. The Morgan fingerprint density at radius 3 is 2.48 bits per heavy atom. The lowest BCUT2D eigenvalue weighted by Crippen LogP contribution is -2.37. The number of nitrogens with one attached hydrogen (secondary N) is 2. The molecule has 0 unspecified atom stereocenters. The maximum Gasteiger partial charge on any atom is 0.325 e. The molecule has 3 aromatic rings. The number of nitrogens with zero attached hydrogens (tertiary/aromatic N) is 2. The molecule has 2 N–H and O–H groups in total. The van der Waals surface area contributed by atoms with Crippen LogP contribution in [0.5, 0.6) is 0 Å². The van der Waals surface area contributed by atoms with Crippen LogP contribution in [0.4, 0.5) is 0 Å². The zero-order chi connectivity index (χ0) is 17.4. The summed E-state index contributed by atoms with van der Waals surface area (Å²) in [6, 6.07) is 10.4. The summed E-state index contributed by atoms with van der Waals surface area (Å²) in [5.74, 6) is 0.194. The molecule has 130 valence electrons. The minimum atomic E-state index is -3.45. The number of pyridine rings is 1. The quantitative estimate of drug-likeness (QED) is 0.746. The Morgan fingerprint density at radius 1 is 1.04 bits per heavy atom. The molecule has 2 aromatic heterocycles. The van der Waals surface area contributed by atoms with E-state index >= 15 is 0 Å². The monoisotopic (exact) mass is 358 g/mol. The molecule has 0 amide bonds. The van der Waals surface area contributed by atoms with Gasteiger partial charge in [-0.3, -0.25) is 4.98 Å². The smallest absolute Gasteiger partial charge is 0.304 e. The van der Waals surface area contributed by atoms with E-state index in [0.717, 1.165) is 11.1 Å². The summed E-state index contributed by atoms with van der Waals surface area (Å²) in [6.45, 7) is 0.917. The van der Waals surface area contributed by atoms with Crippen LogP contribution in [-0.2, 0) is 10.0 Å². The van der Waals surface area contributed by atoms with Crippen molar-refractivity contribution < 1.29 is 8.42 Å². The Hall–Kier alpha value is -2.45. The van der Waals surface area contributed by atoms with Gasteiger partial charge in [-0.25, -0.2) is 18.2 Å². The third-order valence-electron chi connectivity index (χ3n) is 4.73. The van der Waals surface area contributed by atoms with Crippen molar-refractivity contribution in [1.82, 2.24) is 19.3 Å². The van der Waals surface area contributed by atoms with E-state index in [0.29, 0.717) is 36.5 Å². The molecule has 1 aromatic carbocycles. The molecule has 0 bridgehead atoms. The van der Waals surface area contributed by atoms with Gasteiger partial charge in [0.25, 0.3) is 0 Å². The molecule has 3 heterocycles. The molecule has 1 fully saturated rings. The molecular formula is C17H18N4O3S. The molecule has 8 heteroatoms. The molecule has 0 saturated carbocycles. The number of sulfonamides is 1. The minimum Gasteiger partial charge on any atom is -0.304 e. The van der Waals surface area contributed by atoms with Crippen molar-refractivity contribution >= 4 is 21.2 Å². The third kappa shape index (κ3) is 2.87. The normalized spacial score (nSPS) is 17.1. The lowest BCUT2D eigenvalue weighted by atomic mass is 9.90. The Morgan fingerprint density at radius 2 is 1.76 bits per heavy atom. The van der Waals surface area contributed by atoms with Crippen LogP contribution in [0.15, 0.2) is 52.3 Å². The molecule has 1 saturated heterocycles. The van der Waals surface area contributed by atoms with Crippen molar-refractivity contribution in [3.8, 4) is 0 Å². The largest absolute Gasteiger partial charge is 0.325 e. The standard InChI is InChI=1S/C17H18N4O3S/c22-17-19-15-14(6-9-18-16(15)20-17)12-7-10-21(11-8-12)25(23,24)13-4-2-1-3-5-13/h1-6,9,12H,7-8,10-11H2,(H2,18,19,20,22). The fraction of sp³-hybridized carbons (Fsp3) is 0.294. The van der Waals surface area contributed by atoms with Gasteiger partial charge < -0.3 is 4.98 Å². The van der Waals surface area contributed by atoms with E-state index in [-0.39, 0.29) is 11.6 Å². The number of piperidine rings is 1. The number of hydrogen-bond acceptors (Lipinski definition) is 4. The molecule has 0 aliphatic carbocycles. The Labute approximate surface area is 144 Å². The first kappa shape index (κ1) is 16.0. The van der Waals surface area contributed by atoms with E-state index in [9.17, 15) is 13.2 Å². The van der Waals surface area contributed by atoms with Crippen LogP contribution in [0.2, 0.25) is 0 Å². The van der Waals surface area contributed by atoms with Gasteiger partial charge in [-0.1, -0.05) is 18.2 Å². The number of benzene rings is 1. The van der Waals surface area contributed by atoms with Gasteiger partial charge in [-0.05, 0) is 42.5 Å². The zero-order valence-electron chi connectivity index (χ0n) is 13.5. The predicted octanol–water partition coefficient (Wildman–Crippen LogP) is 1.82. The molecule has 0 spiro atoms. The van der Waals surface area contributed by atoms with E-state index in [1.165, 1.54) is 4.31 Å². The van der Waals surface area contributed by atoms with E-state index in [1.54, 1.807) is 36.5 Å². The van der Waals surface area contributed by atoms with E-state index < -0.39 is 10.0 Å². The molecule has 4 rings (SSSR count). The highest BCUT2D eigenvalue weighted by atomic mass is 32.2. The Balaban J connectivity index is 1.56. The first-order valence-corrected chi connectivity index (χ1v) is 9.62. The first-order valence-electron chi connectivity index (χ1n) is 8.18. The predicted molar refractivity (Wildman–Crippen MR) is 93.9 cm³/mol. The molecule has 0 atom stereocenters. The molecule has 0 radical (unpaired) electrons. The number of fused-ring (bicyclic) bond motifs is 1. The highest BCUT2D eigenvalue weighted by Gasteiger charge is 2.30. The second-order valence-corrected chi connectivity index (χ2v) is 8.13. The molecule has 1 aliphatic rings. The Bertz CT molecular complexity index is 1050. The number of imidazole rings is 1.